The summed E-state index contributed by atoms with van der Waals surface area (Å²) in [5.41, 5.74) is 0.0953. The molecule has 0 aliphatic carbocycles. The summed E-state index contributed by atoms with van der Waals surface area (Å²) in [5, 5.41) is 1.43. The van der Waals surface area contributed by atoms with Gasteiger partial charge in [-0.05, 0) is 18.0 Å². The van der Waals surface area contributed by atoms with Crippen LogP contribution in [-0.4, -0.2) is 58.9 Å². The number of carbonyl (C=O) groups is 2. The smallest absolute Gasteiger partial charge is 0.332 e. The van der Waals surface area contributed by atoms with Crippen molar-refractivity contribution in [2.45, 2.75) is 75.7 Å². The molecule has 1 aliphatic rings. The van der Waals surface area contributed by atoms with Crippen molar-refractivity contribution in [3.05, 3.63) is 66.2 Å². The van der Waals surface area contributed by atoms with Gasteiger partial charge in [-0.1, -0.05) is 118 Å². The van der Waals surface area contributed by atoms with Crippen molar-refractivity contribution in [2.75, 3.05) is 7.11 Å². The highest BCUT2D eigenvalue weighted by Crippen LogP contribution is 2.52. The standard InChI is InChI=1S/C28H43NO3Si3/c1-28(26(31)32-2)23(25(30)29(28)27(33(3,4)5)34(6,7)8)24(21-17-13-11-14-18-21)35(9,10)22-19-15-12-16-20-22/h11-20,23-24,27H,1-10H3/t23-,24-,28+/m0/s1. The molecule has 2 aromatic carbocycles. The maximum Gasteiger partial charge on any atom is 0.332 e. The molecular weight excluding hydrogens is 483 g/mol. The van der Waals surface area contributed by atoms with Gasteiger partial charge in [-0.3, -0.25) is 4.79 Å². The number of hydrogen-bond donors (Lipinski definition) is 0. The molecule has 4 nitrogen and oxygen atoms in total. The van der Waals surface area contributed by atoms with Gasteiger partial charge in [0.1, 0.15) is 5.54 Å². The molecule has 1 heterocycles. The number of esters is 1. The number of rotatable bonds is 8. The summed E-state index contributed by atoms with van der Waals surface area (Å²) < 4.78 is 5.46. The summed E-state index contributed by atoms with van der Waals surface area (Å²) in [5.74, 6) is -0.616. The monoisotopic (exact) mass is 525 g/mol. The van der Waals surface area contributed by atoms with Crippen LogP contribution in [-0.2, 0) is 14.3 Å². The highest BCUT2D eigenvalue weighted by atomic mass is 28.4. The van der Waals surface area contributed by atoms with E-state index >= 15 is 0 Å². The van der Waals surface area contributed by atoms with E-state index in [0.29, 0.717) is 0 Å². The van der Waals surface area contributed by atoms with Gasteiger partial charge in [-0.25, -0.2) is 4.79 Å². The minimum absolute atomic E-state index is 0.0529. The predicted octanol–water partition coefficient (Wildman–Crippen LogP) is 5.44. The van der Waals surface area contributed by atoms with E-state index in [4.69, 9.17) is 4.74 Å². The lowest BCUT2D eigenvalue weighted by Crippen LogP contribution is -2.84. The summed E-state index contributed by atoms with van der Waals surface area (Å²) in [6.07, 6.45) is 0. The van der Waals surface area contributed by atoms with E-state index in [-0.39, 0.29) is 22.7 Å². The quantitative estimate of drug-likeness (QED) is 0.262. The zero-order valence-corrected chi connectivity index (χ0v) is 26.2. The van der Waals surface area contributed by atoms with Crippen LogP contribution in [0.5, 0.6) is 0 Å². The van der Waals surface area contributed by atoms with E-state index in [0.717, 1.165) is 5.56 Å². The Morgan fingerprint density at radius 2 is 1.31 bits per heavy atom. The molecule has 190 valence electrons. The molecule has 0 unspecified atom stereocenters. The Labute approximate surface area is 215 Å². The molecule has 1 saturated heterocycles. The van der Waals surface area contributed by atoms with Crippen LogP contribution < -0.4 is 5.19 Å². The number of carbonyl (C=O) groups excluding carboxylic acids is 2. The molecule has 7 heteroatoms. The Morgan fingerprint density at radius 3 is 1.74 bits per heavy atom. The molecule has 3 rings (SSSR count). The number of nitrogens with zero attached hydrogens (tertiary/aromatic N) is 1. The molecule has 0 bridgehead atoms. The van der Waals surface area contributed by atoms with Gasteiger partial charge in [0.15, 0.2) is 0 Å². The molecule has 3 atom stereocenters. The van der Waals surface area contributed by atoms with Crippen LogP contribution in [0.2, 0.25) is 52.4 Å². The van der Waals surface area contributed by atoms with Gasteiger partial charge >= 0.3 is 5.97 Å². The lowest BCUT2D eigenvalue weighted by atomic mass is 9.71. The third-order valence-electron chi connectivity index (χ3n) is 7.89. The number of amides is 1. The van der Waals surface area contributed by atoms with E-state index in [1.165, 1.54) is 12.3 Å². The first kappa shape index (κ1) is 27.6. The highest BCUT2D eigenvalue weighted by molar-refractivity contribution is 6.96. The fourth-order valence-corrected chi connectivity index (χ4v) is 23.3. The first-order chi connectivity index (χ1) is 16.1. The van der Waals surface area contributed by atoms with Gasteiger partial charge in [-0.2, -0.15) is 0 Å². The Morgan fingerprint density at radius 1 is 0.857 bits per heavy atom. The number of ether oxygens (including phenoxy) is 1. The van der Waals surface area contributed by atoms with Crippen molar-refractivity contribution < 1.29 is 14.3 Å². The van der Waals surface area contributed by atoms with Gasteiger partial charge in [-0.15, -0.1) is 0 Å². The number of methoxy groups -OCH3 is 1. The van der Waals surface area contributed by atoms with Gasteiger partial charge in [0.2, 0.25) is 5.91 Å². The van der Waals surface area contributed by atoms with Crippen molar-refractivity contribution in [2.24, 2.45) is 5.92 Å². The Bertz CT molecular complexity index is 1050. The van der Waals surface area contributed by atoms with E-state index in [1.807, 2.05) is 36.1 Å². The highest BCUT2D eigenvalue weighted by Gasteiger charge is 2.70. The van der Waals surface area contributed by atoms with Gasteiger partial charge in [0.05, 0.1) is 37.2 Å². The van der Waals surface area contributed by atoms with Gasteiger partial charge < -0.3 is 9.64 Å². The number of β-lactam (4-membered cyclic amide) rings is 1. The summed E-state index contributed by atoms with van der Waals surface area (Å²) in [4.78, 5) is 30.1. The lowest BCUT2D eigenvalue weighted by molar-refractivity contribution is -0.188. The van der Waals surface area contributed by atoms with E-state index in [1.54, 1.807) is 0 Å². The molecule has 1 fully saturated rings. The summed E-state index contributed by atoms with van der Waals surface area (Å²) >= 11 is 0. The molecule has 1 aliphatic heterocycles. The van der Waals surface area contributed by atoms with Crippen LogP contribution in [0.1, 0.15) is 18.0 Å². The molecule has 0 spiro atoms. The van der Waals surface area contributed by atoms with Crippen molar-refractivity contribution in [1.29, 1.82) is 0 Å². The van der Waals surface area contributed by atoms with Crippen LogP contribution in [0.15, 0.2) is 60.7 Å². The van der Waals surface area contributed by atoms with Crippen LogP contribution in [0.25, 0.3) is 0 Å². The summed E-state index contributed by atoms with van der Waals surface area (Å²) in [7, 11) is -4.46. The second kappa shape index (κ2) is 9.48. The van der Waals surface area contributed by atoms with Gasteiger partial charge in [0.25, 0.3) is 0 Å². The number of likely N-dealkylation sites (tertiary alicyclic amines) is 1. The van der Waals surface area contributed by atoms with Crippen molar-refractivity contribution >= 4 is 41.3 Å². The normalized spacial score (nSPS) is 22.1. The topological polar surface area (TPSA) is 46.6 Å². The van der Waals surface area contributed by atoms with Gasteiger partial charge in [0, 0.05) is 5.29 Å². The van der Waals surface area contributed by atoms with Crippen molar-refractivity contribution in [3.63, 3.8) is 0 Å². The Balaban J connectivity index is 2.26. The summed E-state index contributed by atoms with van der Waals surface area (Å²) in [6, 6.07) is 20.9. The molecule has 0 radical (unpaired) electrons. The average molecular weight is 526 g/mol. The minimum atomic E-state index is -2.26. The Hall–Kier alpha value is -1.97. The van der Waals surface area contributed by atoms with Crippen molar-refractivity contribution in [1.82, 2.24) is 4.90 Å². The molecule has 0 aromatic heterocycles. The largest absolute Gasteiger partial charge is 0.467 e. The maximum absolute atomic E-state index is 14.4. The lowest BCUT2D eigenvalue weighted by Gasteiger charge is -2.64. The van der Waals surface area contributed by atoms with Crippen LogP contribution in [0, 0.1) is 5.92 Å². The second-order valence-corrected chi connectivity index (χ2v) is 28.7. The van der Waals surface area contributed by atoms with E-state index in [9.17, 15) is 9.59 Å². The molecular formula is C28H43NO3Si3. The molecule has 2 aromatic rings. The zero-order chi connectivity index (χ0) is 26.4. The molecule has 35 heavy (non-hydrogen) atoms. The molecule has 0 saturated carbocycles. The van der Waals surface area contributed by atoms with E-state index in [2.05, 4.69) is 88.8 Å². The summed E-state index contributed by atoms with van der Waals surface area (Å²) in [6.45, 7) is 20.6. The number of benzene rings is 2. The van der Waals surface area contributed by atoms with Crippen LogP contribution >= 0.6 is 0 Å². The fraction of sp³-hybridized carbons (Fsp3) is 0.500. The fourth-order valence-electron chi connectivity index (χ4n) is 6.80. The number of hydrogen-bond acceptors (Lipinski definition) is 3. The SMILES string of the molecule is COC(=O)[C@@]1(C)[C@@H]([C@H](c2ccccc2)[Si](C)(C)c2ccccc2)C(=O)N1C([Si](C)(C)C)[Si](C)(C)C. The second-order valence-electron chi connectivity index (χ2n) is 12.9. The first-order valence-corrected chi connectivity index (χ1v) is 22.8. The minimum Gasteiger partial charge on any atom is -0.467 e. The Kier molecular flexibility index (Phi) is 7.48. The van der Waals surface area contributed by atoms with Crippen molar-refractivity contribution in [3.8, 4) is 0 Å². The third kappa shape index (κ3) is 4.74. The average Bonchev–Trinajstić information content (AvgIpc) is 2.79. The first-order valence-electron chi connectivity index (χ1n) is 12.6. The van der Waals surface area contributed by atoms with Crippen LogP contribution in [0.3, 0.4) is 0 Å². The third-order valence-corrected chi connectivity index (χ3v) is 20.9. The van der Waals surface area contributed by atoms with E-state index < -0.39 is 35.7 Å². The van der Waals surface area contributed by atoms with Crippen LogP contribution in [0.4, 0.5) is 0 Å². The zero-order valence-electron chi connectivity index (χ0n) is 23.2. The predicted molar refractivity (Wildman–Crippen MR) is 154 cm³/mol. The molecule has 1 amide bonds. The maximum atomic E-state index is 14.4. The molecule has 0 N–H and O–H groups in total.